The summed E-state index contributed by atoms with van der Waals surface area (Å²) in [5.41, 5.74) is -1.04. The van der Waals surface area contributed by atoms with Crippen LogP contribution in [0.5, 0.6) is 0 Å². The van der Waals surface area contributed by atoms with Crippen LogP contribution in [0, 0.1) is 17.8 Å². The Morgan fingerprint density at radius 3 is 2.41 bits per heavy atom. The monoisotopic (exact) mass is 234 g/mol. The van der Waals surface area contributed by atoms with Crippen LogP contribution in [-0.2, 0) is 9.53 Å². The van der Waals surface area contributed by atoms with Crippen molar-refractivity contribution in [2.75, 3.05) is 0 Å². The van der Waals surface area contributed by atoms with E-state index in [0.29, 0.717) is 19.3 Å². The average molecular weight is 234 g/mol. The summed E-state index contributed by atoms with van der Waals surface area (Å²) in [7, 11) is 0. The SMILES string of the molecule is C#CC(CCC=C)(CC(C)(C)C=C)OC(C)=O. The molecule has 0 aliphatic carbocycles. The summed E-state index contributed by atoms with van der Waals surface area (Å²) in [4.78, 5) is 11.2. The van der Waals surface area contributed by atoms with Gasteiger partial charge in [0.1, 0.15) is 0 Å². The molecule has 0 aliphatic heterocycles. The number of esters is 1. The summed E-state index contributed by atoms with van der Waals surface area (Å²) in [6.07, 6.45) is 11.0. The molecule has 0 aromatic heterocycles. The minimum absolute atomic E-state index is 0.178. The van der Waals surface area contributed by atoms with Crippen LogP contribution in [0.4, 0.5) is 0 Å². The number of allylic oxidation sites excluding steroid dienone is 2. The maximum atomic E-state index is 11.2. The summed E-state index contributed by atoms with van der Waals surface area (Å²) in [5, 5.41) is 0. The van der Waals surface area contributed by atoms with Crippen molar-refractivity contribution in [3.05, 3.63) is 25.3 Å². The van der Waals surface area contributed by atoms with Gasteiger partial charge in [0, 0.05) is 19.8 Å². The zero-order chi connectivity index (χ0) is 13.5. The van der Waals surface area contributed by atoms with Gasteiger partial charge in [-0.25, -0.2) is 0 Å². The molecule has 17 heavy (non-hydrogen) atoms. The molecule has 0 bridgehead atoms. The molecule has 2 nitrogen and oxygen atoms in total. The Hall–Kier alpha value is -1.49. The predicted molar refractivity (Wildman–Crippen MR) is 71.4 cm³/mol. The van der Waals surface area contributed by atoms with Crippen LogP contribution in [0.25, 0.3) is 0 Å². The third kappa shape index (κ3) is 5.40. The number of rotatable bonds is 7. The standard InChI is InChI=1S/C15H22O2/c1-7-10-11-15(9-3,17-13(4)16)12-14(5,6)8-2/h3,7-8H,1-2,10-12H2,4-6H3. The highest BCUT2D eigenvalue weighted by atomic mass is 16.6. The minimum Gasteiger partial charge on any atom is -0.446 e. The fourth-order valence-corrected chi connectivity index (χ4v) is 1.75. The van der Waals surface area contributed by atoms with Crippen LogP contribution >= 0.6 is 0 Å². The van der Waals surface area contributed by atoms with E-state index in [2.05, 4.69) is 19.1 Å². The van der Waals surface area contributed by atoms with Crippen molar-refractivity contribution in [2.45, 2.75) is 45.6 Å². The zero-order valence-corrected chi connectivity index (χ0v) is 11.1. The normalized spacial score (nSPS) is 14.2. The van der Waals surface area contributed by atoms with Gasteiger partial charge in [0.25, 0.3) is 0 Å². The van der Waals surface area contributed by atoms with Gasteiger partial charge in [-0.05, 0) is 11.8 Å². The van der Waals surface area contributed by atoms with E-state index in [0.717, 1.165) is 0 Å². The smallest absolute Gasteiger partial charge is 0.304 e. The van der Waals surface area contributed by atoms with Crippen molar-refractivity contribution in [2.24, 2.45) is 5.41 Å². The molecule has 0 spiro atoms. The molecule has 0 saturated carbocycles. The average Bonchev–Trinajstić information content (AvgIpc) is 2.25. The van der Waals surface area contributed by atoms with E-state index in [1.54, 1.807) is 6.08 Å². The van der Waals surface area contributed by atoms with Gasteiger partial charge in [0.2, 0.25) is 0 Å². The summed E-state index contributed by atoms with van der Waals surface area (Å²) in [5.74, 6) is 2.28. The molecule has 1 atom stereocenters. The first kappa shape index (κ1) is 15.5. The van der Waals surface area contributed by atoms with E-state index in [1.165, 1.54) is 6.92 Å². The Morgan fingerprint density at radius 2 is 2.06 bits per heavy atom. The fourth-order valence-electron chi connectivity index (χ4n) is 1.75. The number of terminal acetylenes is 1. The van der Waals surface area contributed by atoms with Crippen molar-refractivity contribution in [1.82, 2.24) is 0 Å². The molecule has 94 valence electrons. The highest BCUT2D eigenvalue weighted by Crippen LogP contribution is 2.34. The second kappa shape index (κ2) is 6.30. The first-order chi connectivity index (χ1) is 7.81. The van der Waals surface area contributed by atoms with E-state index in [-0.39, 0.29) is 11.4 Å². The molecular formula is C15H22O2. The van der Waals surface area contributed by atoms with Gasteiger partial charge >= 0.3 is 5.97 Å². The van der Waals surface area contributed by atoms with E-state index >= 15 is 0 Å². The second-order valence-corrected chi connectivity index (χ2v) is 4.93. The summed E-state index contributed by atoms with van der Waals surface area (Å²) in [6.45, 7) is 12.9. The molecule has 0 aromatic carbocycles. The van der Waals surface area contributed by atoms with E-state index in [1.807, 2.05) is 19.9 Å². The maximum absolute atomic E-state index is 11.2. The van der Waals surface area contributed by atoms with Gasteiger partial charge in [-0.1, -0.05) is 31.9 Å². The van der Waals surface area contributed by atoms with Crippen molar-refractivity contribution < 1.29 is 9.53 Å². The molecule has 0 N–H and O–H groups in total. The quantitative estimate of drug-likeness (QED) is 0.383. The lowest BCUT2D eigenvalue weighted by atomic mass is 9.78. The van der Waals surface area contributed by atoms with Crippen LogP contribution in [0.3, 0.4) is 0 Å². The largest absolute Gasteiger partial charge is 0.446 e. The maximum Gasteiger partial charge on any atom is 0.304 e. The number of hydrogen-bond donors (Lipinski definition) is 0. The van der Waals surface area contributed by atoms with E-state index in [4.69, 9.17) is 11.2 Å². The molecule has 0 rings (SSSR count). The van der Waals surface area contributed by atoms with Gasteiger partial charge in [-0.2, -0.15) is 0 Å². The van der Waals surface area contributed by atoms with Gasteiger partial charge in [0.15, 0.2) is 5.60 Å². The molecule has 0 heterocycles. The molecule has 0 fully saturated rings. The number of hydrogen-bond acceptors (Lipinski definition) is 2. The van der Waals surface area contributed by atoms with Crippen molar-refractivity contribution >= 4 is 5.97 Å². The minimum atomic E-state index is -0.863. The summed E-state index contributed by atoms with van der Waals surface area (Å²) < 4.78 is 5.36. The van der Waals surface area contributed by atoms with Crippen LogP contribution in [0.2, 0.25) is 0 Å². The van der Waals surface area contributed by atoms with Crippen LogP contribution in [0.1, 0.15) is 40.0 Å². The topological polar surface area (TPSA) is 26.3 Å². The Morgan fingerprint density at radius 1 is 1.47 bits per heavy atom. The third-order valence-electron chi connectivity index (χ3n) is 2.65. The van der Waals surface area contributed by atoms with Crippen molar-refractivity contribution in [1.29, 1.82) is 0 Å². The molecule has 2 heteroatoms. The highest BCUT2D eigenvalue weighted by molar-refractivity contribution is 5.67. The second-order valence-electron chi connectivity index (χ2n) is 4.93. The number of carbonyl (C=O) groups excluding carboxylic acids is 1. The summed E-state index contributed by atoms with van der Waals surface area (Å²) >= 11 is 0. The molecular weight excluding hydrogens is 212 g/mol. The lowest BCUT2D eigenvalue weighted by Gasteiger charge is -2.34. The van der Waals surface area contributed by atoms with E-state index in [9.17, 15) is 4.79 Å². The molecule has 0 amide bonds. The highest BCUT2D eigenvalue weighted by Gasteiger charge is 2.35. The van der Waals surface area contributed by atoms with Gasteiger partial charge in [-0.3, -0.25) is 4.79 Å². The van der Waals surface area contributed by atoms with Crippen LogP contribution in [0.15, 0.2) is 25.3 Å². The number of ether oxygens (including phenoxy) is 1. The molecule has 1 unspecified atom stereocenters. The van der Waals surface area contributed by atoms with Gasteiger partial charge < -0.3 is 4.74 Å². The Kier molecular flexibility index (Phi) is 5.74. The molecule has 0 aliphatic rings. The fraction of sp³-hybridized carbons (Fsp3) is 0.533. The van der Waals surface area contributed by atoms with Crippen LogP contribution < -0.4 is 0 Å². The van der Waals surface area contributed by atoms with Crippen LogP contribution in [-0.4, -0.2) is 11.6 Å². The summed E-state index contributed by atoms with van der Waals surface area (Å²) in [6, 6.07) is 0. The molecule has 0 aromatic rings. The first-order valence-electron chi connectivity index (χ1n) is 5.73. The van der Waals surface area contributed by atoms with Crippen molar-refractivity contribution in [3.63, 3.8) is 0 Å². The lowest BCUT2D eigenvalue weighted by Crippen LogP contribution is -2.37. The number of carbonyl (C=O) groups is 1. The Balaban J connectivity index is 5.04. The molecule has 0 radical (unpaired) electrons. The van der Waals surface area contributed by atoms with E-state index < -0.39 is 5.60 Å². The first-order valence-corrected chi connectivity index (χ1v) is 5.73. The Labute approximate surface area is 105 Å². The van der Waals surface area contributed by atoms with Gasteiger partial charge in [-0.15, -0.1) is 19.6 Å². The predicted octanol–water partition coefficient (Wildman–Crippen LogP) is 3.49. The van der Waals surface area contributed by atoms with Gasteiger partial charge in [0.05, 0.1) is 0 Å². The molecule has 0 saturated heterocycles. The third-order valence-corrected chi connectivity index (χ3v) is 2.65. The van der Waals surface area contributed by atoms with Crippen molar-refractivity contribution in [3.8, 4) is 12.3 Å². The zero-order valence-electron chi connectivity index (χ0n) is 11.1. The lowest BCUT2D eigenvalue weighted by molar-refractivity contribution is -0.153. The Bertz CT molecular complexity index is 333.